The van der Waals surface area contributed by atoms with E-state index in [0.717, 1.165) is 6.42 Å². The van der Waals surface area contributed by atoms with Gasteiger partial charge >= 0.3 is 5.97 Å². The van der Waals surface area contributed by atoms with Crippen LogP contribution in [-0.2, 0) is 9.59 Å². The summed E-state index contributed by atoms with van der Waals surface area (Å²) < 4.78 is 0. The van der Waals surface area contributed by atoms with Crippen LogP contribution in [0.25, 0.3) is 0 Å². The number of hydrogen-bond acceptors (Lipinski definition) is 3. The van der Waals surface area contributed by atoms with Crippen LogP contribution in [-0.4, -0.2) is 40.5 Å². The van der Waals surface area contributed by atoms with E-state index in [2.05, 4.69) is 0 Å². The second kappa shape index (κ2) is 4.22. The summed E-state index contributed by atoms with van der Waals surface area (Å²) in [5, 5.41) is 9.50. The van der Waals surface area contributed by atoms with Crippen LogP contribution in [0, 0.1) is 16.2 Å². The van der Waals surface area contributed by atoms with Crippen LogP contribution in [0.15, 0.2) is 0 Å². The van der Waals surface area contributed by atoms with E-state index in [0.29, 0.717) is 18.4 Å². The van der Waals surface area contributed by atoms with Gasteiger partial charge in [-0.1, -0.05) is 27.2 Å². The second-order valence-electron chi connectivity index (χ2n) is 8.46. The molecule has 0 radical (unpaired) electrons. The first-order valence-corrected chi connectivity index (χ1v) is 7.91. The molecule has 118 valence electrons. The summed E-state index contributed by atoms with van der Waals surface area (Å²) in [5.41, 5.74) is 6.14. The molecular formula is C16H26N2O3. The fraction of sp³-hybridized carbons (Fsp3) is 0.875. The number of carboxylic acids is 1. The molecule has 2 saturated carbocycles. The van der Waals surface area contributed by atoms with Crippen LogP contribution in [0.4, 0.5) is 0 Å². The van der Waals surface area contributed by atoms with Crippen molar-refractivity contribution >= 4 is 11.9 Å². The van der Waals surface area contributed by atoms with E-state index < -0.39 is 18.1 Å². The van der Waals surface area contributed by atoms with Gasteiger partial charge in [0.25, 0.3) is 0 Å². The zero-order valence-electron chi connectivity index (χ0n) is 13.2. The van der Waals surface area contributed by atoms with Gasteiger partial charge in [-0.15, -0.1) is 0 Å². The van der Waals surface area contributed by atoms with Crippen LogP contribution < -0.4 is 5.73 Å². The molecule has 3 atom stereocenters. The first-order chi connectivity index (χ1) is 9.62. The van der Waals surface area contributed by atoms with Crippen molar-refractivity contribution < 1.29 is 14.7 Å². The molecule has 0 aromatic rings. The molecule has 1 unspecified atom stereocenters. The molecule has 3 N–H and O–H groups in total. The molecule has 5 nitrogen and oxygen atoms in total. The van der Waals surface area contributed by atoms with E-state index in [-0.39, 0.29) is 16.7 Å². The molecule has 2 aliphatic carbocycles. The highest BCUT2D eigenvalue weighted by Gasteiger charge is 2.73. The molecular weight excluding hydrogens is 268 g/mol. The highest BCUT2D eigenvalue weighted by molar-refractivity contribution is 5.88. The number of hydrogen-bond donors (Lipinski definition) is 2. The van der Waals surface area contributed by atoms with Crippen LogP contribution in [0.1, 0.15) is 52.9 Å². The van der Waals surface area contributed by atoms with Crippen LogP contribution in [0.5, 0.6) is 0 Å². The number of nitrogens with zero attached hydrogens (tertiary/aromatic N) is 1. The Bertz CT molecular complexity index is 492. The van der Waals surface area contributed by atoms with E-state index in [4.69, 9.17) is 5.73 Å². The first kappa shape index (κ1) is 14.8. The Morgan fingerprint density at radius 2 is 1.90 bits per heavy atom. The molecule has 1 saturated heterocycles. The first-order valence-electron chi connectivity index (χ1n) is 7.91. The molecule has 1 aliphatic heterocycles. The van der Waals surface area contributed by atoms with Gasteiger partial charge in [-0.05, 0) is 41.9 Å². The zero-order valence-corrected chi connectivity index (χ0v) is 13.2. The van der Waals surface area contributed by atoms with Gasteiger partial charge in [0, 0.05) is 6.54 Å². The van der Waals surface area contributed by atoms with Crippen molar-refractivity contribution in [2.24, 2.45) is 22.0 Å². The highest BCUT2D eigenvalue weighted by Crippen LogP contribution is 2.77. The summed E-state index contributed by atoms with van der Waals surface area (Å²) in [5.74, 6) is -1.09. The van der Waals surface area contributed by atoms with Crippen LogP contribution in [0.2, 0.25) is 0 Å². The average Bonchev–Trinajstić information content (AvgIpc) is 2.82. The third-order valence-corrected chi connectivity index (χ3v) is 6.19. The van der Waals surface area contributed by atoms with E-state index >= 15 is 0 Å². The fourth-order valence-corrected chi connectivity index (χ4v) is 4.41. The minimum absolute atomic E-state index is 0.0710. The highest BCUT2D eigenvalue weighted by atomic mass is 16.4. The predicted octanol–water partition coefficient (Wildman–Crippen LogP) is 1.61. The van der Waals surface area contributed by atoms with Gasteiger partial charge in [0.1, 0.15) is 6.04 Å². The maximum atomic E-state index is 12.7. The van der Waals surface area contributed by atoms with Crippen molar-refractivity contribution in [3.05, 3.63) is 0 Å². The molecule has 1 heterocycles. The Kier molecular flexibility index (Phi) is 2.98. The Morgan fingerprint density at radius 3 is 2.29 bits per heavy atom. The second-order valence-corrected chi connectivity index (χ2v) is 8.46. The number of carbonyl (C=O) groups is 2. The standard InChI is InChI=1S/C16H26N2O3/c1-14(2,3)11(17)12(19)18-9-16(7-10(18)13(20)21)8-15(16)5-4-6-15/h10-11H,4-9,17H2,1-3H3,(H,20,21)/t10-,11+,16?/m0/s1. The Labute approximate surface area is 125 Å². The summed E-state index contributed by atoms with van der Waals surface area (Å²) in [4.78, 5) is 25.8. The lowest BCUT2D eigenvalue weighted by Crippen LogP contribution is -2.53. The minimum atomic E-state index is -0.886. The summed E-state index contributed by atoms with van der Waals surface area (Å²) >= 11 is 0. The lowest BCUT2D eigenvalue weighted by Gasteiger charge is -2.33. The van der Waals surface area contributed by atoms with Gasteiger partial charge in [0.15, 0.2) is 0 Å². The maximum absolute atomic E-state index is 12.7. The van der Waals surface area contributed by atoms with Crippen molar-refractivity contribution in [1.82, 2.24) is 4.90 Å². The van der Waals surface area contributed by atoms with E-state index in [9.17, 15) is 14.7 Å². The average molecular weight is 294 g/mol. The third kappa shape index (κ3) is 2.00. The number of carbonyl (C=O) groups excluding carboxylic acids is 1. The topological polar surface area (TPSA) is 83.6 Å². The minimum Gasteiger partial charge on any atom is -0.480 e. The Morgan fingerprint density at radius 1 is 1.29 bits per heavy atom. The quantitative estimate of drug-likeness (QED) is 0.810. The molecule has 3 fully saturated rings. The molecule has 3 rings (SSSR count). The number of fused-ring (bicyclic) bond motifs is 1. The molecule has 0 bridgehead atoms. The summed E-state index contributed by atoms with van der Waals surface area (Å²) in [6.07, 6.45) is 5.36. The maximum Gasteiger partial charge on any atom is 0.326 e. The molecule has 2 spiro atoms. The fourth-order valence-electron chi connectivity index (χ4n) is 4.41. The van der Waals surface area contributed by atoms with Crippen LogP contribution >= 0.6 is 0 Å². The zero-order chi connectivity index (χ0) is 15.6. The molecule has 1 amide bonds. The number of carboxylic acid groups (broad SMARTS) is 1. The van der Waals surface area contributed by atoms with Gasteiger partial charge < -0.3 is 15.7 Å². The van der Waals surface area contributed by atoms with E-state index in [1.54, 1.807) is 4.90 Å². The van der Waals surface area contributed by atoms with Gasteiger partial charge in [-0.2, -0.15) is 0 Å². The van der Waals surface area contributed by atoms with Crippen molar-refractivity contribution in [3.8, 4) is 0 Å². The van der Waals surface area contributed by atoms with Crippen molar-refractivity contribution in [3.63, 3.8) is 0 Å². The molecule has 3 aliphatic rings. The number of amides is 1. The van der Waals surface area contributed by atoms with E-state index in [1.165, 1.54) is 19.3 Å². The molecule has 5 heteroatoms. The summed E-state index contributed by atoms with van der Waals surface area (Å²) in [7, 11) is 0. The lowest BCUT2D eigenvalue weighted by molar-refractivity contribution is -0.149. The Balaban J connectivity index is 1.80. The van der Waals surface area contributed by atoms with Crippen molar-refractivity contribution in [2.45, 2.75) is 65.0 Å². The summed E-state index contributed by atoms with van der Waals surface area (Å²) in [6, 6.07) is -1.34. The number of nitrogens with two attached hydrogens (primary N) is 1. The smallest absolute Gasteiger partial charge is 0.326 e. The van der Waals surface area contributed by atoms with Crippen molar-refractivity contribution in [1.29, 1.82) is 0 Å². The predicted molar refractivity (Wildman–Crippen MR) is 78.5 cm³/mol. The number of likely N-dealkylation sites (tertiary alicyclic amines) is 1. The summed E-state index contributed by atoms with van der Waals surface area (Å²) in [6.45, 7) is 6.35. The van der Waals surface area contributed by atoms with Gasteiger partial charge in [-0.3, -0.25) is 4.79 Å². The van der Waals surface area contributed by atoms with Crippen LogP contribution in [0.3, 0.4) is 0 Å². The van der Waals surface area contributed by atoms with Crippen molar-refractivity contribution in [2.75, 3.05) is 6.54 Å². The normalized spacial score (nSPS) is 34.9. The SMILES string of the molecule is CC(C)(C)[C@H](N)C(=O)N1CC2(C[C@H]1C(=O)O)CC21CCC1. The number of aliphatic carboxylic acids is 1. The van der Waals surface area contributed by atoms with Gasteiger partial charge in [-0.25, -0.2) is 4.79 Å². The Hall–Kier alpha value is -1.10. The number of rotatable bonds is 2. The largest absolute Gasteiger partial charge is 0.480 e. The molecule has 0 aromatic heterocycles. The molecule has 0 aromatic carbocycles. The van der Waals surface area contributed by atoms with Gasteiger partial charge in [0.2, 0.25) is 5.91 Å². The van der Waals surface area contributed by atoms with Gasteiger partial charge in [0.05, 0.1) is 6.04 Å². The van der Waals surface area contributed by atoms with E-state index in [1.807, 2.05) is 20.8 Å². The molecule has 21 heavy (non-hydrogen) atoms. The third-order valence-electron chi connectivity index (χ3n) is 6.19. The lowest BCUT2D eigenvalue weighted by atomic mass is 9.74. The monoisotopic (exact) mass is 294 g/mol.